The van der Waals surface area contributed by atoms with Crippen LogP contribution in [0, 0.1) is 0 Å². The molecule has 0 fully saturated rings. The Morgan fingerprint density at radius 2 is 2.11 bits per heavy atom. The molecular weight excluding hydrogens is 244 g/mol. The first-order chi connectivity index (χ1) is 9.11. The number of benzene rings is 1. The Bertz CT molecular complexity index is 621. The monoisotopic (exact) mass is 256 g/mol. The van der Waals surface area contributed by atoms with Gasteiger partial charge in [-0.25, -0.2) is 9.78 Å². The maximum atomic E-state index is 10.9. The minimum atomic E-state index is -1.18. The molecule has 0 amide bonds. The van der Waals surface area contributed by atoms with Gasteiger partial charge >= 0.3 is 5.97 Å². The van der Waals surface area contributed by atoms with Crippen LogP contribution in [0.25, 0.3) is 6.08 Å². The van der Waals surface area contributed by atoms with E-state index < -0.39 is 5.97 Å². The van der Waals surface area contributed by atoms with Crippen LogP contribution < -0.4 is 5.32 Å². The van der Waals surface area contributed by atoms with Crippen LogP contribution in [0.4, 0.5) is 11.5 Å². The van der Waals surface area contributed by atoms with Gasteiger partial charge in [0.2, 0.25) is 0 Å². The molecule has 96 valence electrons. The zero-order valence-corrected chi connectivity index (χ0v) is 10.00. The fourth-order valence-corrected chi connectivity index (χ4v) is 1.55. The van der Waals surface area contributed by atoms with Crippen LogP contribution in [0.1, 0.15) is 15.9 Å². The molecule has 0 aliphatic carbocycles. The smallest absolute Gasteiger partial charge is 0.339 e. The van der Waals surface area contributed by atoms with E-state index in [4.69, 9.17) is 5.11 Å². The van der Waals surface area contributed by atoms with Gasteiger partial charge < -0.3 is 15.5 Å². The minimum Gasteiger partial charge on any atom is -0.505 e. The van der Waals surface area contributed by atoms with E-state index in [0.717, 1.165) is 5.56 Å². The van der Waals surface area contributed by atoms with Crippen molar-refractivity contribution in [1.29, 1.82) is 0 Å². The van der Waals surface area contributed by atoms with Gasteiger partial charge in [0.1, 0.15) is 11.4 Å². The molecule has 1 aromatic carbocycles. The van der Waals surface area contributed by atoms with Crippen LogP contribution in [0.3, 0.4) is 0 Å². The van der Waals surface area contributed by atoms with Gasteiger partial charge in [-0.15, -0.1) is 0 Å². The van der Waals surface area contributed by atoms with Crippen molar-refractivity contribution in [2.75, 3.05) is 5.32 Å². The lowest BCUT2D eigenvalue weighted by Crippen LogP contribution is -2.00. The van der Waals surface area contributed by atoms with Gasteiger partial charge in [0.15, 0.2) is 5.75 Å². The molecule has 19 heavy (non-hydrogen) atoms. The van der Waals surface area contributed by atoms with Gasteiger partial charge in [0, 0.05) is 6.20 Å². The fourth-order valence-electron chi connectivity index (χ4n) is 1.55. The summed E-state index contributed by atoms with van der Waals surface area (Å²) in [6.07, 6.45) is 3.28. The number of hydrogen-bond acceptors (Lipinski definition) is 4. The number of rotatable bonds is 4. The van der Waals surface area contributed by atoms with E-state index in [9.17, 15) is 9.90 Å². The van der Waals surface area contributed by atoms with Crippen molar-refractivity contribution in [3.63, 3.8) is 0 Å². The predicted octanol–water partition coefficient (Wildman–Crippen LogP) is 2.87. The van der Waals surface area contributed by atoms with E-state index >= 15 is 0 Å². The molecule has 0 radical (unpaired) electrons. The highest BCUT2D eigenvalue weighted by Gasteiger charge is 2.12. The lowest BCUT2D eigenvalue weighted by Gasteiger charge is -2.09. The zero-order valence-electron chi connectivity index (χ0n) is 10.00. The number of para-hydroxylation sites is 1. The Morgan fingerprint density at radius 3 is 2.68 bits per heavy atom. The quantitative estimate of drug-likeness (QED) is 0.733. The van der Waals surface area contributed by atoms with Crippen molar-refractivity contribution >= 4 is 23.6 Å². The van der Waals surface area contributed by atoms with E-state index in [2.05, 4.69) is 16.9 Å². The molecule has 1 aromatic heterocycles. The van der Waals surface area contributed by atoms with Crippen molar-refractivity contribution in [1.82, 2.24) is 4.98 Å². The summed E-state index contributed by atoms with van der Waals surface area (Å²) in [5, 5.41) is 21.6. The van der Waals surface area contributed by atoms with Crippen molar-refractivity contribution in [2.45, 2.75) is 0 Å². The SMILES string of the molecule is C=Cc1ccc(Nc2cccc(C(=O)O)c2O)nc1. The maximum Gasteiger partial charge on any atom is 0.339 e. The average Bonchev–Trinajstić information content (AvgIpc) is 2.41. The standard InChI is InChI=1S/C14H12N2O3/c1-2-9-6-7-12(15-8-9)16-11-5-3-4-10(13(11)17)14(18)19/h2-8,17H,1H2,(H,15,16)(H,18,19). The number of aromatic nitrogens is 1. The van der Waals surface area contributed by atoms with Crippen LogP contribution in [0.5, 0.6) is 5.75 Å². The number of nitrogens with one attached hydrogen (secondary N) is 1. The summed E-state index contributed by atoms with van der Waals surface area (Å²) in [7, 11) is 0. The zero-order chi connectivity index (χ0) is 13.8. The number of aromatic carboxylic acids is 1. The number of phenols is 1. The number of carbonyl (C=O) groups is 1. The molecule has 5 nitrogen and oxygen atoms in total. The highest BCUT2D eigenvalue weighted by Crippen LogP contribution is 2.29. The van der Waals surface area contributed by atoms with E-state index in [-0.39, 0.29) is 11.3 Å². The number of aromatic hydroxyl groups is 1. The second-order valence-electron chi connectivity index (χ2n) is 3.81. The molecule has 0 spiro atoms. The third-order valence-electron chi connectivity index (χ3n) is 2.55. The van der Waals surface area contributed by atoms with Crippen LogP contribution in [0.2, 0.25) is 0 Å². The number of carboxylic acids is 1. The highest BCUT2D eigenvalue weighted by molar-refractivity contribution is 5.93. The molecule has 5 heteroatoms. The van der Waals surface area contributed by atoms with Gasteiger partial charge in [-0.1, -0.05) is 18.7 Å². The average molecular weight is 256 g/mol. The van der Waals surface area contributed by atoms with Crippen LogP contribution in [-0.4, -0.2) is 21.2 Å². The fraction of sp³-hybridized carbons (Fsp3) is 0. The van der Waals surface area contributed by atoms with Gasteiger partial charge in [0.05, 0.1) is 5.69 Å². The molecular formula is C14H12N2O3. The lowest BCUT2D eigenvalue weighted by atomic mass is 10.1. The molecule has 0 saturated carbocycles. The lowest BCUT2D eigenvalue weighted by molar-refractivity contribution is 0.0694. The van der Waals surface area contributed by atoms with E-state index in [1.54, 1.807) is 36.5 Å². The predicted molar refractivity (Wildman–Crippen MR) is 72.7 cm³/mol. The summed E-state index contributed by atoms with van der Waals surface area (Å²) in [6.45, 7) is 3.62. The minimum absolute atomic E-state index is 0.160. The molecule has 0 unspecified atom stereocenters. The summed E-state index contributed by atoms with van der Waals surface area (Å²) < 4.78 is 0. The first kappa shape index (κ1) is 12.6. The molecule has 3 N–H and O–H groups in total. The van der Waals surface area contributed by atoms with E-state index in [1.807, 2.05) is 0 Å². The highest BCUT2D eigenvalue weighted by atomic mass is 16.4. The Kier molecular flexibility index (Phi) is 3.47. The number of carboxylic acid groups (broad SMARTS) is 1. The number of hydrogen-bond donors (Lipinski definition) is 3. The van der Waals surface area contributed by atoms with Crippen molar-refractivity contribution in [3.05, 3.63) is 54.2 Å². The molecule has 0 aliphatic heterocycles. The largest absolute Gasteiger partial charge is 0.505 e. The van der Waals surface area contributed by atoms with E-state index in [0.29, 0.717) is 11.5 Å². The van der Waals surface area contributed by atoms with Gasteiger partial charge in [0.25, 0.3) is 0 Å². The topological polar surface area (TPSA) is 82.5 Å². The third kappa shape index (κ3) is 2.71. The second-order valence-corrected chi connectivity index (χ2v) is 3.81. The second kappa shape index (κ2) is 5.22. The molecule has 0 saturated heterocycles. The summed E-state index contributed by atoms with van der Waals surface area (Å²) >= 11 is 0. The number of pyridine rings is 1. The summed E-state index contributed by atoms with van der Waals surface area (Å²) in [5.74, 6) is -0.996. The number of nitrogens with zero attached hydrogens (tertiary/aromatic N) is 1. The van der Waals surface area contributed by atoms with E-state index in [1.165, 1.54) is 6.07 Å². The summed E-state index contributed by atoms with van der Waals surface area (Å²) in [4.78, 5) is 15.0. The molecule has 2 rings (SSSR count). The summed E-state index contributed by atoms with van der Waals surface area (Å²) in [6, 6.07) is 7.97. The first-order valence-corrected chi connectivity index (χ1v) is 5.52. The molecule has 0 atom stereocenters. The number of anilines is 2. The Morgan fingerprint density at radius 1 is 1.32 bits per heavy atom. The van der Waals surface area contributed by atoms with Crippen LogP contribution in [0.15, 0.2) is 43.1 Å². The molecule has 0 bridgehead atoms. The van der Waals surface area contributed by atoms with Gasteiger partial charge in [-0.2, -0.15) is 0 Å². The Hall–Kier alpha value is -2.82. The summed E-state index contributed by atoms with van der Waals surface area (Å²) in [5.41, 5.74) is 1.00. The van der Waals surface area contributed by atoms with Crippen molar-refractivity contribution < 1.29 is 15.0 Å². The first-order valence-electron chi connectivity index (χ1n) is 5.52. The Labute approximate surface area is 109 Å². The molecule has 2 aromatic rings. The normalized spacial score (nSPS) is 9.89. The van der Waals surface area contributed by atoms with Crippen LogP contribution >= 0.6 is 0 Å². The van der Waals surface area contributed by atoms with Crippen molar-refractivity contribution in [3.8, 4) is 5.75 Å². The van der Waals surface area contributed by atoms with Crippen molar-refractivity contribution in [2.24, 2.45) is 0 Å². The van der Waals surface area contributed by atoms with Gasteiger partial charge in [-0.05, 0) is 29.8 Å². The Balaban J connectivity index is 2.30. The molecule has 0 aliphatic rings. The molecule has 1 heterocycles. The third-order valence-corrected chi connectivity index (χ3v) is 2.55. The van der Waals surface area contributed by atoms with Gasteiger partial charge in [-0.3, -0.25) is 0 Å². The maximum absolute atomic E-state index is 10.9. The van der Waals surface area contributed by atoms with Crippen LogP contribution in [-0.2, 0) is 0 Å².